The number of nitrogens with zero attached hydrogens (tertiary/aromatic N) is 1. The Morgan fingerprint density at radius 3 is 2.25 bits per heavy atom. The lowest BCUT2D eigenvalue weighted by molar-refractivity contribution is 0.482. The van der Waals surface area contributed by atoms with E-state index in [1.165, 1.54) is 0 Å². The predicted molar refractivity (Wildman–Crippen MR) is 92.8 cm³/mol. The number of halogens is 1. The minimum atomic E-state index is 0. The molecule has 0 fully saturated rings. The van der Waals surface area contributed by atoms with Crippen molar-refractivity contribution >= 4 is 29.9 Å². The Hall–Kier alpha value is -1.76. The summed E-state index contributed by atoms with van der Waals surface area (Å²) in [4.78, 5) is 3.84. The van der Waals surface area contributed by atoms with Crippen molar-refractivity contribution in [1.82, 2.24) is 5.32 Å². The highest BCUT2D eigenvalue weighted by Crippen LogP contribution is 2.20. The average Bonchev–Trinajstić information content (AvgIpc) is 2.47. The largest absolute Gasteiger partial charge is 0.457 e. The lowest BCUT2D eigenvalue weighted by atomic mass is 10.2. The Labute approximate surface area is 136 Å². The standard InChI is InChI=1S/C15H17N3O.HI/c1-17-15(16)18-11-12-7-9-14(10-8-12)19-13-5-3-2-4-6-13;/h2-10H,11H2,1H3,(H3,16,17,18);1H. The summed E-state index contributed by atoms with van der Waals surface area (Å²) >= 11 is 0. The van der Waals surface area contributed by atoms with E-state index in [2.05, 4.69) is 10.3 Å². The number of ether oxygens (including phenoxy) is 1. The van der Waals surface area contributed by atoms with Gasteiger partial charge in [0.05, 0.1) is 0 Å². The van der Waals surface area contributed by atoms with Crippen LogP contribution in [0.5, 0.6) is 11.5 Å². The van der Waals surface area contributed by atoms with Crippen molar-refractivity contribution in [2.75, 3.05) is 7.05 Å². The van der Waals surface area contributed by atoms with Gasteiger partial charge in [-0.25, -0.2) is 0 Å². The van der Waals surface area contributed by atoms with Crippen LogP contribution in [0.25, 0.3) is 0 Å². The molecule has 0 unspecified atom stereocenters. The first-order valence-electron chi connectivity index (χ1n) is 6.06. The molecule has 0 saturated carbocycles. The Morgan fingerprint density at radius 1 is 1.05 bits per heavy atom. The van der Waals surface area contributed by atoms with E-state index in [0.717, 1.165) is 17.1 Å². The maximum Gasteiger partial charge on any atom is 0.188 e. The van der Waals surface area contributed by atoms with Gasteiger partial charge in [0.2, 0.25) is 0 Å². The first-order chi connectivity index (χ1) is 9.28. The third kappa shape index (κ3) is 5.08. The number of nitrogens with two attached hydrogens (primary N) is 1. The number of rotatable bonds is 4. The zero-order chi connectivity index (χ0) is 13.5. The number of hydrogen-bond acceptors (Lipinski definition) is 2. The normalized spacial score (nSPS) is 10.6. The Balaban J connectivity index is 0.00000200. The fourth-order valence-electron chi connectivity index (χ4n) is 1.57. The molecule has 106 valence electrons. The maximum atomic E-state index is 5.71. The number of guanidine groups is 1. The fraction of sp³-hybridized carbons (Fsp3) is 0.133. The van der Waals surface area contributed by atoms with E-state index >= 15 is 0 Å². The van der Waals surface area contributed by atoms with Gasteiger partial charge in [0.25, 0.3) is 0 Å². The van der Waals surface area contributed by atoms with E-state index in [1.54, 1.807) is 7.05 Å². The summed E-state index contributed by atoms with van der Waals surface area (Å²) in [6, 6.07) is 17.6. The zero-order valence-electron chi connectivity index (χ0n) is 11.2. The highest BCUT2D eigenvalue weighted by atomic mass is 127. The molecule has 5 heteroatoms. The molecule has 0 bridgehead atoms. The SMILES string of the molecule is CN=C(N)NCc1ccc(Oc2ccccc2)cc1.I. The summed E-state index contributed by atoms with van der Waals surface area (Å²) in [5, 5.41) is 3.00. The summed E-state index contributed by atoms with van der Waals surface area (Å²) < 4.78 is 5.71. The molecule has 20 heavy (non-hydrogen) atoms. The number of para-hydroxylation sites is 1. The summed E-state index contributed by atoms with van der Waals surface area (Å²) in [7, 11) is 1.65. The molecule has 0 aliphatic rings. The van der Waals surface area contributed by atoms with Crippen molar-refractivity contribution in [2.24, 2.45) is 10.7 Å². The topological polar surface area (TPSA) is 59.6 Å². The quantitative estimate of drug-likeness (QED) is 0.485. The van der Waals surface area contributed by atoms with Crippen LogP contribution in [-0.4, -0.2) is 13.0 Å². The maximum absolute atomic E-state index is 5.71. The highest BCUT2D eigenvalue weighted by Gasteiger charge is 1.98. The van der Waals surface area contributed by atoms with Crippen molar-refractivity contribution in [3.8, 4) is 11.5 Å². The van der Waals surface area contributed by atoms with Gasteiger partial charge in [0.1, 0.15) is 11.5 Å². The monoisotopic (exact) mass is 383 g/mol. The first kappa shape index (κ1) is 16.3. The van der Waals surface area contributed by atoms with Gasteiger partial charge in [-0.1, -0.05) is 30.3 Å². The minimum absolute atomic E-state index is 0. The second-order valence-corrected chi connectivity index (χ2v) is 4.02. The molecule has 0 aliphatic carbocycles. The molecule has 0 radical (unpaired) electrons. The zero-order valence-corrected chi connectivity index (χ0v) is 13.6. The second-order valence-electron chi connectivity index (χ2n) is 4.02. The summed E-state index contributed by atoms with van der Waals surface area (Å²) in [5.74, 6) is 2.08. The lowest BCUT2D eigenvalue weighted by Gasteiger charge is -2.07. The fourth-order valence-corrected chi connectivity index (χ4v) is 1.57. The van der Waals surface area contributed by atoms with Crippen LogP contribution in [0.1, 0.15) is 5.56 Å². The molecule has 2 aromatic rings. The van der Waals surface area contributed by atoms with Crippen molar-refractivity contribution in [2.45, 2.75) is 6.54 Å². The Kier molecular flexibility index (Phi) is 6.86. The van der Waals surface area contributed by atoms with Crippen molar-refractivity contribution in [3.05, 3.63) is 60.2 Å². The van der Waals surface area contributed by atoms with E-state index in [-0.39, 0.29) is 24.0 Å². The molecule has 0 atom stereocenters. The number of aliphatic imine (C=N–C) groups is 1. The molecule has 0 saturated heterocycles. The molecule has 0 amide bonds. The lowest BCUT2D eigenvalue weighted by Crippen LogP contribution is -2.30. The first-order valence-corrected chi connectivity index (χ1v) is 6.06. The van der Waals surface area contributed by atoms with Crippen LogP contribution >= 0.6 is 24.0 Å². The van der Waals surface area contributed by atoms with Gasteiger partial charge in [0.15, 0.2) is 5.96 Å². The van der Waals surface area contributed by atoms with Gasteiger partial charge in [-0.05, 0) is 29.8 Å². The third-order valence-electron chi connectivity index (χ3n) is 2.62. The minimum Gasteiger partial charge on any atom is -0.457 e. The summed E-state index contributed by atoms with van der Waals surface area (Å²) in [6.07, 6.45) is 0. The second kappa shape index (κ2) is 8.42. The van der Waals surface area contributed by atoms with Crippen molar-refractivity contribution in [3.63, 3.8) is 0 Å². The van der Waals surface area contributed by atoms with E-state index in [1.807, 2.05) is 54.6 Å². The van der Waals surface area contributed by atoms with Gasteiger partial charge in [0, 0.05) is 13.6 Å². The summed E-state index contributed by atoms with van der Waals surface area (Å²) in [5.41, 5.74) is 6.68. The van der Waals surface area contributed by atoms with Gasteiger partial charge >= 0.3 is 0 Å². The number of hydrogen-bond donors (Lipinski definition) is 2. The average molecular weight is 383 g/mol. The summed E-state index contributed by atoms with van der Waals surface area (Å²) in [6.45, 7) is 0.648. The van der Waals surface area contributed by atoms with Crippen LogP contribution < -0.4 is 15.8 Å². The van der Waals surface area contributed by atoms with E-state index < -0.39 is 0 Å². The number of benzene rings is 2. The molecule has 2 aromatic carbocycles. The van der Waals surface area contributed by atoms with E-state index in [4.69, 9.17) is 10.5 Å². The molecule has 0 aliphatic heterocycles. The van der Waals surface area contributed by atoms with Gasteiger partial charge in [-0.3, -0.25) is 4.99 Å². The molecular formula is C15H18IN3O. The molecule has 0 heterocycles. The Morgan fingerprint density at radius 2 is 1.65 bits per heavy atom. The Bertz CT molecular complexity index is 541. The van der Waals surface area contributed by atoms with Crippen LogP contribution in [0.4, 0.5) is 0 Å². The van der Waals surface area contributed by atoms with Gasteiger partial charge in [-0.2, -0.15) is 0 Å². The molecule has 0 aromatic heterocycles. The molecule has 3 N–H and O–H groups in total. The smallest absolute Gasteiger partial charge is 0.188 e. The predicted octanol–water partition coefficient (Wildman–Crippen LogP) is 3.13. The third-order valence-corrected chi connectivity index (χ3v) is 2.62. The van der Waals surface area contributed by atoms with Gasteiger partial charge in [-0.15, -0.1) is 24.0 Å². The molecular weight excluding hydrogens is 365 g/mol. The van der Waals surface area contributed by atoms with Crippen LogP contribution in [0.15, 0.2) is 59.6 Å². The van der Waals surface area contributed by atoms with Gasteiger partial charge < -0.3 is 15.8 Å². The van der Waals surface area contributed by atoms with Crippen molar-refractivity contribution in [1.29, 1.82) is 0 Å². The van der Waals surface area contributed by atoms with Crippen molar-refractivity contribution < 1.29 is 4.74 Å². The molecule has 4 nitrogen and oxygen atoms in total. The molecule has 2 rings (SSSR count). The van der Waals surface area contributed by atoms with E-state index in [0.29, 0.717) is 12.5 Å². The molecule has 0 spiro atoms. The number of nitrogens with one attached hydrogen (secondary N) is 1. The van der Waals surface area contributed by atoms with Crippen LogP contribution in [0.2, 0.25) is 0 Å². The highest BCUT2D eigenvalue weighted by molar-refractivity contribution is 14.0. The van der Waals surface area contributed by atoms with Crippen LogP contribution in [0, 0.1) is 0 Å². The van der Waals surface area contributed by atoms with Crippen LogP contribution in [-0.2, 0) is 6.54 Å². The van der Waals surface area contributed by atoms with Crippen LogP contribution in [0.3, 0.4) is 0 Å². The van der Waals surface area contributed by atoms with E-state index in [9.17, 15) is 0 Å².